The van der Waals surface area contributed by atoms with Gasteiger partial charge in [0.2, 0.25) is 0 Å². The van der Waals surface area contributed by atoms with Gasteiger partial charge in [0, 0.05) is 43.5 Å². The lowest BCUT2D eigenvalue weighted by Gasteiger charge is -2.46. The molecule has 2 aliphatic heterocycles. The Kier molecular flexibility index (Phi) is 6.44. The summed E-state index contributed by atoms with van der Waals surface area (Å²) in [5.41, 5.74) is 17.8. The molecule has 0 amide bonds. The van der Waals surface area contributed by atoms with Crippen LogP contribution in [0.4, 0.5) is 28.4 Å². The Morgan fingerprint density at radius 3 is 2.26 bits per heavy atom. The zero-order valence-electron chi connectivity index (χ0n) is 28.4. The van der Waals surface area contributed by atoms with Crippen molar-refractivity contribution < 1.29 is 0 Å². The molecule has 0 bridgehead atoms. The average Bonchev–Trinajstić information content (AvgIpc) is 3.53. The lowest BCUT2D eigenvalue weighted by molar-refractivity contribution is 0.632. The Labute approximate surface area is 297 Å². The fourth-order valence-electron chi connectivity index (χ4n) is 8.51. The molecule has 3 heterocycles. The summed E-state index contributed by atoms with van der Waals surface area (Å²) in [6, 6.07) is 53.8. The van der Waals surface area contributed by atoms with E-state index in [1.54, 1.807) is 0 Å². The van der Waals surface area contributed by atoms with Crippen LogP contribution in [0.25, 0.3) is 42.4 Å². The molecule has 2 aliphatic rings. The van der Waals surface area contributed by atoms with Gasteiger partial charge in [0.05, 0.1) is 16.1 Å². The van der Waals surface area contributed by atoms with Gasteiger partial charge in [-0.3, -0.25) is 0 Å². The summed E-state index contributed by atoms with van der Waals surface area (Å²) < 4.78 is 2.59. The summed E-state index contributed by atoms with van der Waals surface area (Å²) in [6.45, 7) is 6.99. The number of hydrogen-bond acceptors (Lipinski definition) is 3. The first-order valence-corrected chi connectivity index (χ1v) is 18.3. The van der Waals surface area contributed by atoms with E-state index >= 15 is 0 Å². The van der Waals surface area contributed by atoms with E-state index in [2.05, 4.69) is 177 Å². The minimum Gasteiger partial charge on any atom is -0.354 e. The van der Waals surface area contributed by atoms with Crippen molar-refractivity contribution in [3.05, 3.63) is 162 Å². The highest BCUT2D eigenvalue weighted by atomic mass is 32.1. The van der Waals surface area contributed by atoms with Crippen molar-refractivity contribution in [2.75, 3.05) is 10.2 Å². The van der Waals surface area contributed by atoms with Crippen molar-refractivity contribution in [2.45, 2.75) is 26.2 Å². The summed E-state index contributed by atoms with van der Waals surface area (Å²) in [7, 11) is 0.884. The van der Waals surface area contributed by atoms with E-state index in [0.717, 1.165) is 18.7 Å². The van der Waals surface area contributed by atoms with Crippen LogP contribution in [-0.4, -0.2) is 7.28 Å². The van der Waals surface area contributed by atoms with E-state index in [1.165, 1.54) is 87.1 Å². The smallest absolute Gasteiger partial charge is 0.198 e. The maximum absolute atomic E-state index is 4.00. The molecular weight excluding hydrogens is 623 g/mol. The van der Waals surface area contributed by atoms with Crippen LogP contribution in [0.2, 0.25) is 0 Å². The van der Waals surface area contributed by atoms with Crippen LogP contribution < -0.4 is 21.1 Å². The number of nitrogens with zero attached hydrogens (tertiary/aromatic N) is 1. The Morgan fingerprint density at radius 1 is 0.600 bits per heavy atom. The van der Waals surface area contributed by atoms with Crippen LogP contribution in [-0.2, 0) is 5.41 Å². The second-order valence-corrected chi connectivity index (χ2v) is 15.4. The molecular formula is C46H35BN2S. The minimum absolute atomic E-state index is 0.0828. The fraction of sp³-hybridized carbons (Fsp3) is 0.0870. The molecule has 0 atom stereocenters. The monoisotopic (exact) mass is 658 g/mol. The standard InChI is InChI=1S/C46H35BN2S/c1-28-25-34(43-41(26-28)49-40-21-9-8-17-35(40)46(2,3)36-18-12-19-37(47-43)44(36)49)31-24-23-30(29-13-5-4-6-14-29)27-39(31)48-38-20-11-16-33-32-15-7-10-22-42(32)50-45(33)38/h4-27,47-48H,1-3H3. The van der Waals surface area contributed by atoms with E-state index < -0.39 is 0 Å². The van der Waals surface area contributed by atoms with Crippen LogP contribution in [0.1, 0.15) is 30.5 Å². The summed E-state index contributed by atoms with van der Waals surface area (Å²) in [5.74, 6) is 0. The van der Waals surface area contributed by atoms with Gasteiger partial charge in [0.15, 0.2) is 7.28 Å². The van der Waals surface area contributed by atoms with Crippen molar-refractivity contribution in [3.63, 3.8) is 0 Å². The van der Waals surface area contributed by atoms with Crippen LogP contribution >= 0.6 is 11.3 Å². The second kappa shape index (κ2) is 11.0. The number of para-hydroxylation sites is 2. The highest BCUT2D eigenvalue weighted by molar-refractivity contribution is 7.26. The number of nitrogens with one attached hydrogen (secondary N) is 1. The van der Waals surface area contributed by atoms with Crippen LogP contribution in [0.3, 0.4) is 0 Å². The summed E-state index contributed by atoms with van der Waals surface area (Å²) in [5, 5.41) is 6.60. The van der Waals surface area contributed by atoms with Gasteiger partial charge in [0.25, 0.3) is 0 Å². The maximum atomic E-state index is 4.00. The first kappa shape index (κ1) is 29.4. The average molecular weight is 659 g/mol. The molecule has 50 heavy (non-hydrogen) atoms. The number of rotatable bonds is 4. The third kappa shape index (κ3) is 4.35. The molecule has 1 aromatic heterocycles. The zero-order valence-corrected chi connectivity index (χ0v) is 29.2. The molecule has 7 aromatic carbocycles. The van der Waals surface area contributed by atoms with Gasteiger partial charge < -0.3 is 10.2 Å². The van der Waals surface area contributed by atoms with Gasteiger partial charge >= 0.3 is 0 Å². The number of hydrogen-bond donors (Lipinski definition) is 1. The van der Waals surface area contributed by atoms with E-state index in [4.69, 9.17) is 0 Å². The Bertz CT molecular complexity index is 2650. The molecule has 0 aliphatic carbocycles. The summed E-state index contributed by atoms with van der Waals surface area (Å²) in [4.78, 5) is 2.56. The van der Waals surface area contributed by atoms with Crippen molar-refractivity contribution in [3.8, 4) is 22.3 Å². The normalized spacial score (nSPS) is 13.8. The number of anilines is 5. The predicted octanol–water partition coefficient (Wildman–Crippen LogP) is 11.3. The Balaban J connectivity index is 1.20. The molecule has 10 rings (SSSR count). The molecule has 1 N–H and O–H groups in total. The fourth-order valence-corrected chi connectivity index (χ4v) is 9.68. The van der Waals surface area contributed by atoms with Crippen LogP contribution in [0, 0.1) is 6.92 Å². The van der Waals surface area contributed by atoms with Gasteiger partial charge in [-0.25, -0.2) is 0 Å². The third-order valence-corrected chi connectivity index (χ3v) is 12.1. The Morgan fingerprint density at radius 2 is 1.36 bits per heavy atom. The lowest BCUT2D eigenvalue weighted by atomic mass is 9.56. The van der Waals surface area contributed by atoms with Gasteiger partial charge in [-0.05, 0) is 76.1 Å². The van der Waals surface area contributed by atoms with Crippen molar-refractivity contribution in [2.24, 2.45) is 0 Å². The minimum atomic E-state index is -0.0828. The molecule has 8 aromatic rings. The van der Waals surface area contributed by atoms with Gasteiger partial charge in [-0.1, -0.05) is 135 Å². The first-order valence-electron chi connectivity index (χ1n) is 17.5. The first-order chi connectivity index (χ1) is 24.5. The van der Waals surface area contributed by atoms with Gasteiger partial charge in [0.1, 0.15) is 0 Å². The topological polar surface area (TPSA) is 15.3 Å². The van der Waals surface area contributed by atoms with E-state index in [0.29, 0.717) is 0 Å². The third-order valence-electron chi connectivity index (χ3n) is 10.9. The number of thiophene rings is 1. The van der Waals surface area contributed by atoms with E-state index in [-0.39, 0.29) is 5.41 Å². The lowest BCUT2D eigenvalue weighted by Crippen LogP contribution is -2.45. The quantitative estimate of drug-likeness (QED) is 0.189. The summed E-state index contributed by atoms with van der Waals surface area (Å²) in [6.07, 6.45) is 0. The van der Waals surface area contributed by atoms with Crippen molar-refractivity contribution in [1.29, 1.82) is 0 Å². The number of benzene rings is 7. The molecule has 0 saturated carbocycles. The van der Waals surface area contributed by atoms with Gasteiger partial charge in [-0.2, -0.15) is 0 Å². The van der Waals surface area contributed by atoms with E-state index in [1.807, 2.05) is 11.3 Å². The predicted molar refractivity (Wildman–Crippen MR) is 218 cm³/mol. The number of aryl methyl sites for hydroxylation is 1. The van der Waals surface area contributed by atoms with Crippen LogP contribution in [0.15, 0.2) is 146 Å². The largest absolute Gasteiger partial charge is 0.354 e. The van der Waals surface area contributed by atoms with Crippen molar-refractivity contribution in [1.82, 2.24) is 0 Å². The Hall–Kier alpha value is -5.58. The highest BCUT2D eigenvalue weighted by Gasteiger charge is 2.41. The molecule has 4 heteroatoms. The molecule has 2 nitrogen and oxygen atoms in total. The SMILES string of the molecule is Cc1cc(-c2ccc(-c3ccccc3)cc2Nc2cccc3c2sc2ccccc23)c2c(c1)N1c3ccccc3C(C)(C)c3cccc(c31)B2. The maximum Gasteiger partial charge on any atom is 0.198 e. The molecule has 0 unspecified atom stereocenters. The summed E-state index contributed by atoms with van der Waals surface area (Å²) >= 11 is 1.86. The molecule has 0 saturated heterocycles. The van der Waals surface area contributed by atoms with Gasteiger partial charge in [-0.15, -0.1) is 11.3 Å². The van der Waals surface area contributed by atoms with E-state index in [9.17, 15) is 0 Å². The van der Waals surface area contributed by atoms with Crippen molar-refractivity contribution >= 4 is 78.2 Å². The highest BCUT2D eigenvalue weighted by Crippen LogP contribution is 2.52. The molecule has 0 radical (unpaired) electrons. The second-order valence-electron chi connectivity index (χ2n) is 14.3. The van der Waals surface area contributed by atoms with Crippen LogP contribution in [0.5, 0.6) is 0 Å². The zero-order chi connectivity index (χ0) is 33.6. The molecule has 0 fully saturated rings. The molecule has 0 spiro atoms. The molecule has 238 valence electrons. The number of fused-ring (bicyclic) bond motifs is 7.